The monoisotopic (exact) mass is 493 g/mol. The molecule has 0 radical (unpaired) electrons. The van der Waals surface area contributed by atoms with E-state index < -0.39 is 9.84 Å². The minimum absolute atomic E-state index is 0.0514. The standard InChI is InChI=1S/C24H27N7O3S/c1-13(2)30-22-16(10-26-30)8-17(11-25-22)27-24(32)19-9-20(15-4-5-15)28-23-21(19)14(3)29-31(23)18-6-7-35(33,34)12-18/h8-11,13,15,18H,4-7,12H2,1-3H3,(H,27,32)/t18-/m1/s1. The first-order chi connectivity index (χ1) is 16.7. The highest BCUT2D eigenvalue weighted by molar-refractivity contribution is 7.91. The van der Waals surface area contributed by atoms with Crippen molar-refractivity contribution < 1.29 is 13.2 Å². The van der Waals surface area contributed by atoms with Crippen LogP contribution in [-0.2, 0) is 9.84 Å². The Kier molecular flexibility index (Phi) is 4.96. The van der Waals surface area contributed by atoms with Crippen LogP contribution in [0.3, 0.4) is 0 Å². The Hall–Kier alpha value is -3.34. The van der Waals surface area contributed by atoms with Crippen LogP contribution in [0.4, 0.5) is 5.69 Å². The van der Waals surface area contributed by atoms with Crippen molar-refractivity contribution in [2.75, 3.05) is 16.8 Å². The van der Waals surface area contributed by atoms with Crippen LogP contribution >= 0.6 is 0 Å². The molecular formula is C24H27N7O3S. The topological polar surface area (TPSA) is 125 Å². The molecule has 0 unspecified atom stereocenters. The normalized spacial score (nSPS) is 19.7. The highest BCUT2D eigenvalue weighted by Crippen LogP contribution is 2.41. The zero-order valence-electron chi connectivity index (χ0n) is 19.9. The first-order valence-electron chi connectivity index (χ1n) is 11.9. The summed E-state index contributed by atoms with van der Waals surface area (Å²) in [6.45, 7) is 5.92. The van der Waals surface area contributed by atoms with Gasteiger partial charge in [0, 0.05) is 23.0 Å². The van der Waals surface area contributed by atoms with Crippen molar-refractivity contribution >= 4 is 43.5 Å². The molecule has 4 aromatic rings. The van der Waals surface area contributed by atoms with Gasteiger partial charge in [0.25, 0.3) is 5.91 Å². The zero-order valence-corrected chi connectivity index (χ0v) is 20.7. The van der Waals surface area contributed by atoms with Gasteiger partial charge in [-0.15, -0.1) is 0 Å². The van der Waals surface area contributed by atoms with Crippen LogP contribution < -0.4 is 5.32 Å². The Labute approximate surface area is 202 Å². The summed E-state index contributed by atoms with van der Waals surface area (Å²) in [5.74, 6) is 0.257. The fraction of sp³-hybridized carbons (Fsp3) is 0.458. The Morgan fingerprint density at radius 3 is 2.63 bits per heavy atom. The second-order valence-corrected chi connectivity index (χ2v) is 12.2. The molecule has 1 saturated carbocycles. The van der Waals surface area contributed by atoms with E-state index in [1.54, 1.807) is 17.1 Å². The quantitative estimate of drug-likeness (QED) is 0.451. The number of aromatic nitrogens is 6. The van der Waals surface area contributed by atoms with E-state index >= 15 is 0 Å². The average molecular weight is 494 g/mol. The summed E-state index contributed by atoms with van der Waals surface area (Å²) in [6, 6.07) is 3.65. The maximum Gasteiger partial charge on any atom is 0.256 e. The second-order valence-electron chi connectivity index (χ2n) is 9.93. The lowest BCUT2D eigenvalue weighted by Crippen LogP contribution is -2.15. The predicted molar refractivity (Wildman–Crippen MR) is 132 cm³/mol. The van der Waals surface area contributed by atoms with Gasteiger partial charge in [0.15, 0.2) is 21.1 Å². The van der Waals surface area contributed by atoms with Crippen molar-refractivity contribution in [2.24, 2.45) is 0 Å². The third kappa shape index (κ3) is 3.87. The molecule has 35 heavy (non-hydrogen) atoms. The molecule has 2 fully saturated rings. The number of amides is 1. The molecule has 1 atom stereocenters. The van der Waals surface area contributed by atoms with Gasteiger partial charge in [-0.1, -0.05) is 0 Å². The maximum atomic E-state index is 13.5. The van der Waals surface area contributed by atoms with E-state index in [2.05, 4.69) is 20.5 Å². The van der Waals surface area contributed by atoms with Crippen molar-refractivity contribution in [1.29, 1.82) is 0 Å². The third-order valence-corrected chi connectivity index (χ3v) is 8.58. The number of carbonyl (C=O) groups is 1. The van der Waals surface area contributed by atoms with Crippen LogP contribution in [0.2, 0.25) is 0 Å². The molecule has 1 aliphatic heterocycles. The summed E-state index contributed by atoms with van der Waals surface area (Å²) in [6.07, 6.45) is 5.96. The van der Waals surface area contributed by atoms with Gasteiger partial charge in [0.1, 0.15) is 0 Å². The molecule has 0 aromatic carbocycles. The smallest absolute Gasteiger partial charge is 0.256 e. The molecule has 4 aromatic heterocycles. The predicted octanol–water partition coefficient (Wildman–Crippen LogP) is 3.55. The molecular weight excluding hydrogens is 466 g/mol. The molecule has 10 nitrogen and oxygen atoms in total. The number of nitrogens with one attached hydrogen (secondary N) is 1. The van der Waals surface area contributed by atoms with Crippen LogP contribution in [0.25, 0.3) is 22.1 Å². The highest BCUT2D eigenvalue weighted by Gasteiger charge is 2.34. The lowest BCUT2D eigenvalue weighted by atomic mass is 10.1. The van der Waals surface area contributed by atoms with E-state index in [9.17, 15) is 13.2 Å². The molecule has 1 saturated heterocycles. The van der Waals surface area contributed by atoms with Crippen LogP contribution in [-0.4, -0.2) is 55.4 Å². The number of hydrogen-bond donors (Lipinski definition) is 1. The Balaban J connectivity index is 1.40. The van der Waals surface area contributed by atoms with Gasteiger partial charge in [-0.3, -0.25) is 4.79 Å². The number of anilines is 1. The minimum atomic E-state index is -3.09. The molecule has 6 rings (SSSR count). The van der Waals surface area contributed by atoms with Crippen molar-refractivity contribution in [3.63, 3.8) is 0 Å². The molecule has 0 bridgehead atoms. The van der Waals surface area contributed by atoms with Crippen molar-refractivity contribution in [2.45, 2.75) is 58.0 Å². The van der Waals surface area contributed by atoms with Crippen molar-refractivity contribution in [3.8, 4) is 0 Å². The van der Waals surface area contributed by atoms with Gasteiger partial charge in [0.2, 0.25) is 0 Å². The number of pyridine rings is 2. The SMILES string of the molecule is Cc1nn([C@@H]2CCS(=O)(=O)C2)c2nc(C3CC3)cc(C(=O)Nc3cnc4c(cnn4C(C)C)c3)c12. The number of nitrogens with zero attached hydrogens (tertiary/aromatic N) is 6. The van der Waals surface area contributed by atoms with Gasteiger partial charge in [-0.05, 0) is 52.2 Å². The van der Waals surface area contributed by atoms with Crippen molar-refractivity contribution in [3.05, 3.63) is 41.5 Å². The van der Waals surface area contributed by atoms with E-state index in [1.165, 1.54) is 0 Å². The Bertz CT molecular complexity index is 1600. The summed E-state index contributed by atoms with van der Waals surface area (Å²) in [5, 5.41) is 13.5. The number of sulfone groups is 1. The number of rotatable bonds is 5. The molecule has 1 N–H and O–H groups in total. The Morgan fingerprint density at radius 2 is 1.94 bits per heavy atom. The molecule has 11 heteroatoms. The summed E-state index contributed by atoms with van der Waals surface area (Å²) < 4.78 is 27.8. The lowest BCUT2D eigenvalue weighted by molar-refractivity contribution is 0.102. The maximum absolute atomic E-state index is 13.5. The van der Waals surface area contributed by atoms with Crippen LogP contribution in [0.1, 0.15) is 72.9 Å². The third-order valence-electron chi connectivity index (χ3n) is 6.83. The van der Waals surface area contributed by atoms with Crippen molar-refractivity contribution in [1.82, 2.24) is 29.5 Å². The van der Waals surface area contributed by atoms with Gasteiger partial charge in [-0.2, -0.15) is 10.2 Å². The number of hydrogen-bond acceptors (Lipinski definition) is 7. The second kappa shape index (κ2) is 7.84. The van der Waals surface area contributed by atoms with Crippen LogP contribution in [0.5, 0.6) is 0 Å². The number of fused-ring (bicyclic) bond motifs is 2. The zero-order chi connectivity index (χ0) is 24.5. The first kappa shape index (κ1) is 22.1. The molecule has 1 aliphatic carbocycles. The molecule has 1 amide bonds. The average Bonchev–Trinajstić information content (AvgIpc) is 3.35. The molecule has 5 heterocycles. The first-order valence-corrected chi connectivity index (χ1v) is 13.8. The van der Waals surface area contributed by atoms with Gasteiger partial charge >= 0.3 is 0 Å². The fourth-order valence-electron chi connectivity index (χ4n) is 4.91. The minimum Gasteiger partial charge on any atom is -0.321 e. The lowest BCUT2D eigenvalue weighted by Gasteiger charge is -2.12. The fourth-order valence-corrected chi connectivity index (χ4v) is 6.60. The van der Waals surface area contributed by atoms with Gasteiger partial charge in [0.05, 0.1) is 52.3 Å². The summed E-state index contributed by atoms with van der Waals surface area (Å²) in [4.78, 5) is 22.9. The summed E-state index contributed by atoms with van der Waals surface area (Å²) >= 11 is 0. The van der Waals surface area contributed by atoms with Crippen LogP contribution in [0.15, 0.2) is 24.5 Å². The summed E-state index contributed by atoms with van der Waals surface area (Å²) in [5.41, 5.74) is 3.96. The number of carbonyl (C=O) groups excluding carboxylic acids is 1. The van der Waals surface area contributed by atoms with E-state index in [1.807, 2.05) is 37.6 Å². The van der Waals surface area contributed by atoms with E-state index in [4.69, 9.17) is 4.98 Å². The molecule has 0 spiro atoms. The summed E-state index contributed by atoms with van der Waals surface area (Å²) in [7, 11) is -3.09. The van der Waals surface area contributed by atoms with Gasteiger partial charge < -0.3 is 5.32 Å². The Morgan fingerprint density at radius 1 is 1.14 bits per heavy atom. The van der Waals surface area contributed by atoms with Gasteiger partial charge in [-0.25, -0.2) is 27.7 Å². The van der Waals surface area contributed by atoms with Crippen LogP contribution in [0, 0.1) is 6.92 Å². The van der Waals surface area contributed by atoms with E-state index in [-0.39, 0.29) is 29.5 Å². The number of aryl methyl sites for hydroxylation is 1. The highest BCUT2D eigenvalue weighted by atomic mass is 32.2. The van der Waals surface area contributed by atoms with E-state index in [0.29, 0.717) is 40.3 Å². The molecule has 182 valence electrons. The van der Waals surface area contributed by atoms with E-state index in [0.717, 1.165) is 29.6 Å². The largest absolute Gasteiger partial charge is 0.321 e. The molecule has 2 aliphatic rings.